The molecule has 2 aliphatic rings. The minimum absolute atomic E-state index is 0.0180. The third kappa shape index (κ3) is 3.77. The number of carbonyl (C=O) groups excluding carboxylic acids is 2. The van der Waals surface area contributed by atoms with Crippen LogP contribution >= 0.6 is 0 Å². The molecule has 0 N–H and O–H groups in total. The number of rotatable bonds is 6. The number of nitrogens with zero attached hydrogens (tertiary/aromatic N) is 4. The Kier molecular flexibility index (Phi) is 5.62. The molecule has 3 heterocycles. The van der Waals surface area contributed by atoms with E-state index in [4.69, 9.17) is 0 Å². The van der Waals surface area contributed by atoms with E-state index < -0.39 is 5.54 Å². The van der Waals surface area contributed by atoms with Gasteiger partial charge < -0.3 is 4.90 Å². The van der Waals surface area contributed by atoms with Gasteiger partial charge in [-0.3, -0.25) is 19.6 Å². The fourth-order valence-electron chi connectivity index (χ4n) is 4.54. The Morgan fingerprint density at radius 1 is 1.00 bits per heavy atom. The molecule has 0 unspecified atom stereocenters. The zero-order chi connectivity index (χ0) is 20.3. The summed E-state index contributed by atoms with van der Waals surface area (Å²) in [6.07, 6.45) is 3.92. The fraction of sp³-hybridized carbons (Fsp3) is 0.435. The predicted octanol–water partition coefficient (Wildman–Crippen LogP) is 2.94. The van der Waals surface area contributed by atoms with Gasteiger partial charge in [-0.2, -0.15) is 0 Å². The third-order valence-electron chi connectivity index (χ3n) is 6.20. The molecular formula is C23H28N4O2. The van der Waals surface area contributed by atoms with Gasteiger partial charge in [-0.25, -0.2) is 4.79 Å². The molecule has 6 nitrogen and oxygen atoms in total. The van der Waals surface area contributed by atoms with E-state index in [9.17, 15) is 9.59 Å². The van der Waals surface area contributed by atoms with Crippen molar-refractivity contribution in [3.63, 3.8) is 0 Å². The smallest absolute Gasteiger partial charge is 0.309 e. The Bertz CT molecular complexity index is 848. The minimum Gasteiger partial charge on any atom is -0.309 e. The van der Waals surface area contributed by atoms with Crippen molar-refractivity contribution in [2.24, 2.45) is 0 Å². The quantitative estimate of drug-likeness (QED) is 0.710. The predicted molar refractivity (Wildman–Crippen MR) is 111 cm³/mol. The van der Waals surface area contributed by atoms with Crippen molar-refractivity contribution in [1.29, 1.82) is 0 Å². The van der Waals surface area contributed by atoms with Gasteiger partial charge in [-0.05, 0) is 43.9 Å². The van der Waals surface area contributed by atoms with E-state index >= 15 is 0 Å². The Morgan fingerprint density at radius 2 is 1.72 bits per heavy atom. The molecular weight excluding hydrogens is 364 g/mol. The first kappa shape index (κ1) is 19.6. The zero-order valence-corrected chi connectivity index (χ0v) is 17.0. The zero-order valence-electron chi connectivity index (χ0n) is 17.0. The van der Waals surface area contributed by atoms with Crippen LogP contribution in [0.2, 0.25) is 0 Å². The summed E-state index contributed by atoms with van der Waals surface area (Å²) < 4.78 is 0. The van der Waals surface area contributed by atoms with E-state index in [2.05, 4.69) is 22.0 Å². The molecule has 4 rings (SSSR count). The fourth-order valence-corrected chi connectivity index (χ4v) is 4.54. The second-order valence-corrected chi connectivity index (χ2v) is 7.85. The van der Waals surface area contributed by atoms with Crippen LogP contribution in [0.15, 0.2) is 54.7 Å². The number of amides is 3. The Labute approximate surface area is 172 Å². The summed E-state index contributed by atoms with van der Waals surface area (Å²) in [5.74, 6) is -0.0180. The largest absolute Gasteiger partial charge is 0.327 e. The summed E-state index contributed by atoms with van der Waals surface area (Å²) in [5.41, 5.74) is 1.53. The van der Waals surface area contributed by atoms with Crippen LogP contribution in [-0.2, 0) is 17.8 Å². The van der Waals surface area contributed by atoms with Crippen molar-refractivity contribution >= 4 is 11.9 Å². The van der Waals surface area contributed by atoms with Crippen LogP contribution in [-0.4, -0.2) is 63.3 Å². The standard InChI is InChI=1S/C23H28N4O2/c1-2-26-21(28)23(27(22(26)29)15-11-19-8-4-3-5-9-19)12-16-25(17-13-23)18-20-10-6-7-14-24-20/h3-10,14H,2,11-13,15-18H2,1H3. The lowest BCUT2D eigenvalue weighted by molar-refractivity contribution is -0.135. The molecule has 0 atom stereocenters. The lowest BCUT2D eigenvalue weighted by Crippen LogP contribution is -2.56. The van der Waals surface area contributed by atoms with Crippen LogP contribution in [0.3, 0.4) is 0 Å². The number of urea groups is 1. The molecule has 29 heavy (non-hydrogen) atoms. The van der Waals surface area contributed by atoms with Crippen molar-refractivity contribution < 1.29 is 9.59 Å². The first-order valence-electron chi connectivity index (χ1n) is 10.4. The minimum atomic E-state index is -0.692. The molecule has 0 aliphatic carbocycles. The maximum absolute atomic E-state index is 13.2. The Balaban J connectivity index is 1.48. The molecule has 0 radical (unpaired) electrons. The number of likely N-dealkylation sites (tertiary alicyclic amines) is 1. The van der Waals surface area contributed by atoms with Gasteiger partial charge in [0.1, 0.15) is 5.54 Å². The highest BCUT2D eigenvalue weighted by Gasteiger charge is 2.57. The molecule has 152 valence electrons. The number of hydrogen-bond donors (Lipinski definition) is 0. The molecule has 0 saturated carbocycles. The van der Waals surface area contributed by atoms with Crippen molar-refractivity contribution in [2.75, 3.05) is 26.2 Å². The summed E-state index contributed by atoms with van der Waals surface area (Å²) in [7, 11) is 0. The molecule has 6 heteroatoms. The lowest BCUT2D eigenvalue weighted by atomic mass is 9.85. The number of likely N-dealkylation sites (N-methyl/N-ethyl adjacent to an activating group) is 1. The van der Waals surface area contributed by atoms with Crippen LogP contribution in [0.5, 0.6) is 0 Å². The number of piperidine rings is 1. The number of benzene rings is 1. The summed E-state index contributed by atoms with van der Waals surface area (Å²) in [6.45, 7) is 5.23. The van der Waals surface area contributed by atoms with Gasteiger partial charge in [-0.1, -0.05) is 36.4 Å². The van der Waals surface area contributed by atoms with Gasteiger partial charge in [0.15, 0.2) is 0 Å². The van der Waals surface area contributed by atoms with Gasteiger partial charge in [0.05, 0.1) is 5.69 Å². The van der Waals surface area contributed by atoms with Crippen molar-refractivity contribution in [3.05, 3.63) is 66.0 Å². The number of imide groups is 1. The van der Waals surface area contributed by atoms with Gasteiger partial charge in [-0.15, -0.1) is 0 Å². The SMILES string of the molecule is CCN1C(=O)N(CCc2ccccc2)C2(CCN(Cc3ccccn3)CC2)C1=O. The Morgan fingerprint density at radius 3 is 2.38 bits per heavy atom. The van der Waals surface area contributed by atoms with Gasteiger partial charge in [0, 0.05) is 38.9 Å². The third-order valence-corrected chi connectivity index (χ3v) is 6.20. The molecule has 2 aliphatic heterocycles. The van der Waals surface area contributed by atoms with Crippen molar-refractivity contribution in [2.45, 2.75) is 38.3 Å². The van der Waals surface area contributed by atoms with E-state index in [1.54, 1.807) is 0 Å². The molecule has 1 spiro atoms. The average molecular weight is 393 g/mol. The Hall–Kier alpha value is -2.73. The molecule has 2 aromatic rings. The van der Waals surface area contributed by atoms with E-state index in [0.29, 0.717) is 25.9 Å². The highest BCUT2D eigenvalue weighted by atomic mass is 16.2. The number of aromatic nitrogens is 1. The number of carbonyl (C=O) groups is 2. The van der Waals surface area contributed by atoms with Crippen molar-refractivity contribution in [3.8, 4) is 0 Å². The molecule has 3 amide bonds. The molecule has 0 bridgehead atoms. The highest BCUT2D eigenvalue weighted by molar-refractivity contribution is 6.07. The average Bonchev–Trinajstić information content (AvgIpc) is 2.95. The van der Waals surface area contributed by atoms with Gasteiger partial charge in [0.2, 0.25) is 0 Å². The summed E-state index contributed by atoms with van der Waals surface area (Å²) >= 11 is 0. The van der Waals surface area contributed by atoms with Crippen LogP contribution in [0.1, 0.15) is 31.0 Å². The summed E-state index contributed by atoms with van der Waals surface area (Å²) in [5, 5.41) is 0. The first-order valence-corrected chi connectivity index (χ1v) is 10.4. The number of hydrogen-bond acceptors (Lipinski definition) is 4. The van der Waals surface area contributed by atoms with Crippen LogP contribution in [0.25, 0.3) is 0 Å². The topological polar surface area (TPSA) is 56.8 Å². The highest BCUT2D eigenvalue weighted by Crippen LogP contribution is 2.37. The second-order valence-electron chi connectivity index (χ2n) is 7.85. The van der Waals surface area contributed by atoms with Crippen molar-refractivity contribution in [1.82, 2.24) is 19.7 Å². The van der Waals surface area contributed by atoms with E-state index in [1.165, 1.54) is 10.5 Å². The molecule has 1 aromatic carbocycles. The second kappa shape index (κ2) is 8.33. The van der Waals surface area contributed by atoms with Gasteiger partial charge in [0.25, 0.3) is 5.91 Å². The summed E-state index contributed by atoms with van der Waals surface area (Å²) in [6, 6.07) is 16.0. The van der Waals surface area contributed by atoms with Crippen LogP contribution < -0.4 is 0 Å². The normalized spacial score (nSPS) is 19.3. The first-order chi connectivity index (χ1) is 14.1. The van der Waals surface area contributed by atoms with E-state index in [1.807, 2.05) is 54.4 Å². The van der Waals surface area contributed by atoms with Crippen LogP contribution in [0, 0.1) is 0 Å². The molecule has 2 saturated heterocycles. The lowest BCUT2D eigenvalue weighted by Gasteiger charge is -2.42. The van der Waals surface area contributed by atoms with Gasteiger partial charge >= 0.3 is 6.03 Å². The van der Waals surface area contributed by atoms with Crippen LogP contribution in [0.4, 0.5) is 4.79 Å². The van der Waals surface area contributed by atoms with E-state index in [0.717, 1.165) is 31.7 Å². The molecule has 1 aromatic heterocycles. The summed E-state index contributed by atoms with van der Waals surface area (Å²) in [4.78, 5) is 36.3. The monoisotopic (exact) mass is 392 g/mol. The molecule has 2 fully saturated rings. The maximum Gasteiger partial charge on any atom is 0.327 e. The maximum atomic E-state index is 13.2. The van der Waals surface area contributed by atoms with E-state index in [-0.39, 0.29) is 11.9 Å². The number of pyridine rings is 1.